The Morgan fingerprint density at radius 3 is 2.50 bits per heavy atom. The third kappa shape index (κ3) is 1.25. The first kappa shape index (κ1) is 8.96. The standard InChI is InChI=1S/C13H21N/c1-14(2)13-8-10-4-3-9-5-11(10)7-12(13)6-9/h3-4,9-13H,5-8H2,1-2H3/t9-,10-,11+,12-,13+/m0/s1. The summed E-state index contributed by atoms with van der Waals surface area (Å²) in [6.45, 7) is 0. The van der Waals surface area contributed by atoms with Crippen molar-refractivity contribution in [2.24, 2.45) is 23.7 Å². The summed E-state index contributed by atoms with van der Waals surface area (Å²) in [4.78, 5) is 2.47. The third-order valence-corrected chi connectivity index (χ3v) is 4.77. The second kappa shape index (κ2) is 3.10. The molecule has 1 heteroatoms. The van der Waals surface area contributed by atoms with Gasteiger partial charge in [-0.3, -0.25) is 0 Å². The number of hydrogen-bond acceptors (Lipinski definition) is 1. The Bertz CT molecular complexity index is 256. The topological polar surface area (TPSA) is 3.24 Å². The lowest BCUT2D eigenvalue weighted by Crippen LogP contribution is -2.48. The van der Waals surface area contributed by atoms with Crippen LogP contribution in [0.5, 0.6) is 0 Å². The molecule has 78 valence electrons. The molecule has 0 heterocycles. The van der Waals surface area contributed by atoms with E-state index in [9.17, 15) is 0 Å². The van der Waals surface area contributed by atoms with Gasteiger partial charge in [-0.2, -0.15) is 0 Å². The lowest BCUT2D eigenvalue weighted by molar-refractivity contribution is 0.0324. The maximum Gasteiger partial charge on any atom is 0.0123 e. The molecule has 0 unspecified atom stereocenters. The average Bonchev–Trinajstić information content (AvgIpc) is 2.14. The maximum atomic E-state index is 2.53. The van der Waals surface area contributed by atoms with Gasteiger partial charge in [-0.05, 0) is 63.5 Å². The Morgan fingerprint density at radius 2 is 1.71 bits per heavy atom. The summed E-state index contributed by atoms with van der Waals surface area (Å²) < 4.78 is 0. The molecule has 3 rings (SSSR count). The first-order chi connectivity index (χ1) is 6.74. The molecule has 1 nitrogen and oxygen atoms in total. The zero-order valence-electron chi connectivity index (χ0n) is 9.32. The fraction of sp³-hybridized carbons (Fsp3) is 0.846. The molecule has 0 aromatic rings. The van der Waals surface area contributed by atoms with Gasteiger partial charge in [0, 0.05) is 6.04 Å². The predicted octanol–water partition coefficient (Wildman–Crippen LogP) is 2.54. The number of nitrogens with zero attached hydrogens (tertiary/aromatic N) is 1. The largest absolute Gasteiger partial charge is 0.306 e. The van der Waals surface area contributed by atoms with Gasteiger partial charge in [0.25, 0.3) is 0 Å². The fourth-order valence-electron chi connectivity index (χ4n) is 4.11. The molecule has 0 saturated heterocycles. The van der Waals surface area contributed by atoms with Crippen molar-refractivity contribution in [3.8, 4) is 0 Å². The summed E-state index contributed by atoms with van der Waals surface area (Å²) >= 11 is 0. The smallest absolute Gasteiger partial charge is 0.0123 e. The Kier molecular flexibility index (Phi) is 1.98. The SMILES string of the molecule is CN(C)[C@@H]1C[C@@H]2C=C[C@@H]3C[C@H]1C[C@H]2C3. The van der Waals surface area contributed by atoms with E-state index in [2.05, 4.69) is 31.1 Å². The lowest BCUT2D eigenvalue weighted by Gasteiger charge is -2.51. The van der Waals surface area contributed by atoms with E-state index in [4.69, 9.17) is 0 Å². The van der Waals surface area contributed by atoms with Crippen LogP contribution in [0.3, 0.4) is 0 Å². The molecule has 0 aromatic heterocycles. The molecule has 0 spiro atoms. The third-order valence-electron chi connectivity index (χ3n) is 4.77. The quantitative estimate of drug-likeness (QED) is 0.576. The zero-order valence-corrected chi connectivity index (χ0v) is 9.32. The van der Waals surface area contributed by atoms with E-state index in [-0.39, 0.29) is 0 Å². The van der Waals surface area contributed by atoms with E-state index in [1.165, 1.54) is 25.7 Å². The Labute approximate surface area is 87.2 Å². The molecular formula is C13H21N. The van der Waals surface area contributed by atoms with E-state index in [1.54, 1.807) is 0 Å². The van der Waals surface area contributed by atoms with E-state index in [0.717, 1.165) is 29.7 Å². The number of allylic oxidation sites excluding steroid dienone is 2. The van der Waals surface area contributed by atoms with Crippen molar-refractivity contribution in [1.29, 1.82) is 0 Å². The van der Waals surface area contributed by atoms with Crippen LogP contribution in [0.4, 0.5) is 0 Å². The zero-order chi connectivity index (χ0) is 9.71. The summed E-state index contributed by atoms with van der Waals surface area (Å²) in [6, 6.07) is 0.865. The molecule has 0 aromatic carbocycles. The average molecular weight is 191 g/mol. The van der Waals surface area contributed by atoms with Crippen LogP contribution in [0, 0.1) is 23.7 Å². The number of rotatable bonds is 1. The fourth-order valence-corrected chi connectivity index (χ4v) is 4.11. The first-order valence-electron chi connectivity index (χ1n) is 6.09. The van der Waals surface area contributed by atoms with Crippen LogP contribution in [0.1, 0.15) is 25.7 Å². The highest BCUT2D eigenvalue weighted by molar-refractivity contribution is 5.10. The van der Waals surface area contributed by atoms with Gasteiger partial charge < -0.3 is 4.90 Å². The Hall–Kier alpha value is -0.300. The van der Waals surface area contributed by atoms with Gasteiger partial charge in [0.15, 0.2) is 0 Å². The lowest BCUT2D eigenvalue weighted by atomic mass is 9.58. The van der Waals surface area contributed by atoms with Crippen molar-refractivity contribution in [3.63, 3.8) is 0 Å². The highest BCUT2D eigenvalue weighted by atomic mass is 15.1. The van der Waals surface area contributed by atoms with Crippen molar-refractivity contribution in [2.75, 3.05) is 14.1 Å². The Morgan fingerprint density at radius 1 is 0.929 bits per heavy atom. The molecule has 14 heavy (non-hydrogen) atoms. The normalized spacial score (nSPS) is 50.1. The Balaban J connectivity index is 1.88. The van der Waals surface area contributed by atoms with E-state index in [1.807, 2.05) is 0 Å². The van der Waals surface area contributed by atoms with Gasteiger partial charge in [0.05, 0.1) is 0 Å². The summed E-state index contributed by atoms with van der Waals surface area (Å²) in [7, 11) is 4.52. The molecule has 0 amide bonds. The van der Waals surface area contributed by atoms with E-state index >= 15 is 0 Å². The van der Waals surface area contributed by atoms with Gasteiger partial charge in [0.1, 0.15) is 0 Å². The molecule has 0 aliphatic heterocycles. The molecule has 2 saturated carbocycles. The summed E-state index contributed by atoms with van der Waals surface area (Å²) in [5.41, 5.74) is 0. The summed E-state index contributed by atoms with van der Waals surface area (Å²) in [5.74, 6) is 3.88. The van der Waals surface area contributed by atoms with Crippen LogP contribution in [0.25, 0.3) is 0 Å². The minimum atomic E-state index is 0.865. The van der Waals surface area contributed by atoms with Crippen LogP contribution >= 0.6 is 0 Å². The second-order valence-electron chi connectivity index (χ2n) is 5.80. The van der Waals surface area contributed by atoms with Gasteiger partial charge in [-0.25, -0.2) is 0 Å². The molecule has 0 N–H and O–H groups in total. The molecule has 2 fully saturated rings. The minimum absolute atomic E-state index is 0.865. The van der Waals surface area contributed by atoms with Crippen molar-refractivity contribution in [2.45, 2.75) is 31.7 Å². The number of hydrogen-bond donors (Lipinski definition) is 0. The molecule has 3 aliphatic rings. The monoisotopic (exact) mass is 191 g/mol. The minimum Gasteiger partial charge on any atom is -0.306 e. The molecule has 0 radical (unpaired) electrons. The van der Waals surface area contributed by atoms with E-state index < -0.39 is 0 Å². The van der Waals surface area contributed by atoms with Crippen LogP contribution in [0.15, 0.2) is 12.2 Å². The van der Waals surface area contributed by atoms with Crippen molar-refractivity contribution in [3.05, 3.63) is 12.2 Å². The summed E-state index contributed by atoms with van der Waals surface area (Å²) in [5, 5.41) is 0. The van der Waals surface area contributed by atoms with Crippen LogP contribution in [0.2, 0.25) is 0 Å². The maximum absolute atomic E-state index is 2.53. The van der Waals surface area contributed by atoms with Gasteiger partial charge in [0.2, 0.25) is 0 Å². The van der Waals surface area contributed by atoms with Gasteiger partial charge in [-0.15, -0.1) is 0 Å². The van der Waals surface area contributed by atoms with Crippen LogP contribution < -0.4 is 0 Å². The van der Waals surface area contributed by atoms with Crippen LogP contribution in [-0.4, -0.2) is 25.0 Å². The van der Waals surface area contributed by atoms with Gasteiger partial charge >= 0.3 is 0 Å². The van der Waals surface area contributed by atoms with Gasteiger partial charge in [-0.1, -0.05) is 12.2 Å². The van der Waals surface area contributed by atoms with Crippen molar-refractivity contribution >= 4 is 0 Å². The second-order valence-corrected chi connectivity index (χ2v) is 5.80. The molecule has 5 atom stereocenters. The molecular weight excluding hydrogens is 170 g/mol. The van der Waals surface area contributed by atoms with E-state index in [0.29, 0.717) is 0 Å². The molecule has 3 bridgehead atoms. The highest BCUT2D eigenvalue weighted by Crippen LogP contribution is 2.50. The summed E-state index contributed by atoms with van der Waals surface area (Å²) in [6.07, 6.45) is 10.9. The molecule has 3 aliphatic carbocycles. The first-order valence-corrected chi connectivity index (χ1v) is 6.09. The van der Waals surface area contributed by atoms with Crippen LogP contribution in [-0.2, 0) is 0 Å². The van der Waals surface area contributed by atoms with Crippen molar-refractivity contribution in [1.82, 2.24) is 4.90 Å². The predicted molar refractivity (Wildman–Crippen MR) is 59.0 cm³/mol. The highest BCUT2D eigenvalue weighted by Gasteiger charge is 2.43. The number of fused-ring (bicyclic) bond motifs is 2. The van der Waals surface area contributed by atoms with Crippen molar-refractivity contribution < 1.29 is 0 Å².